The molecule has 0 heterocycles. The van der Waals surface area contributed by atoms with Crippen molar-refractivity contribution in [2.45, 2.75) is 20.8 Å². The molecule has 0 amide bonds. The fourth-order valence-electron chi connectivity index (χ4n) is 2.66. The van der Waals surface area contributed by atoms with Gasteiger partial charge in [-0.2, -0.15) is 0 Å². The minimum atomic E-state index is -0.927. The topological polar surface area (TPSA) is 0 Å². The fraction of sp³-hybridized carbons (Fsp3) is 0.143. The van der Waals surface area contributed by atoms with Crippen LogP contribution in [0.3, 0.4) is 0 Å². The number of hydrogen-bond donors (Lipinski definition) is 0. The Kier molecular flexibility index (Phi) is 4.26. The van der Waals surface area contributed by atoms with Crippen LogP contribution >= 0.6 is 0 Å². The molecule has 0 aliphatic carbocycles. The Bertz CT molecular complexity index is 629. The van der Waals surface area contributed by atoms with Crippen molar-refractivity contribution in [1.29, 1.82) is 0 Å². The normalized spacial score (nSPS) is 10.9. The van der Waals surface area contributed by atoms with E-state index >= 15 is 0 Å². The first kappa shape index (κ1) is 14.8. The van der Waals surface area contributed by atoms with Crippen LogP contribution in [0.2, 0.25) is 0 Å². The Morgan fingerprint density at radius 2 is 0.636 bits per heavy atom. The second-order valence-electron chi connectivity index (χ2n) is 5.97. The van der Waals surface area contributed by atoms with Gasteiger partial charge in [-0.15, -0.1) is 0 Å². The molecule has 22 heavy (non-hydrogen) atoms. The van der Waals surface area contributed by atoms with Crippen molar-refractivity contribution in [3.8, 4) is 0 Å². The van der Waals surface area contributed by atoms with Gasteiger partial charge in [-0.1, -0.05) is 105 Å². The van der Waals surface area contributed by atoms with Crippen LogP contribution in [-0.4, -0.2) is 8.80 Å². The number of rotatable bonds is 3. The molecule has 3 rings (SSSR count). The van der Waals surface area contributed by atoms with Crippen LogP contribution in [0.4, 0.5) is 0 Å². The first-order valence-electron chi connectivity index (χ1n) is 7.71. The zero-order chi connectivity index (χ0) is 15.5. The van der Waals surface area contributed by atoms with Gasteiger partial charge in [0.05, 0.1) is 0 Å². The molecule has 0 nitrogen and oxygen atoms in total. The van der Waals surface area contributed by atoms with E-state index in [0.717, 1.165) is 0 Å². The zero-order valence-electron chi connectivity index (χ0n) is 13.4. The molecule has 0 spiro atoms. The van der Waals surface area contributed by atoms with Crippen LogP contribution in [-0.2, 0) is 0 Å². The van der Waals surface area contributed by atoms with Crippen LogP contribution in [0.25, 0.3) is 0 Å². The summed E-state index contributed by atoms with van der Waals surface area (Å²) in [6, 6.07) is 27.1. The van der Waals surface area contributed by atoms with Crippen LogP contribution < -0.4 is 15.6 Å². The first-order valence-corrected chi connectivity index (χ1v) is 9.21. The van der Waals surface area contributed by atoms with Crippen molar-refractivity contribution in [2.24, 2.45) is 0 Å². The number of hydrogen-bond acceptors (Lipinski definition) is 0. The lowest BCUT2D eigenvalue weighted by Gasteiger charge is -2.17. The van der Waals surface area contributed by atoms with E-state index in [1.807, 2.05) is 0 Å². The fourth-order valence-corrected chi connectivity index (χ4v) is 5.16. The van der Waals surface area contributed by atoms with Crippen molar-refractivity contribution in [3.05, 3.63) is 89.5 Å². The number of aryl methyl sites for hydroxylation is 3. The quantitative estimate of drug-likeness (QED) is 0.515. The van der Waals surface area contributed by atoms with Gasteiger partial charge >= 0.3 is 0 Å². The molecule has 0 fully saturated rings. The van der Waals surface area contributed by atoms with Gasteiger partial charge in [-0.05, 0) is 20.8 Å². The van der Waals surface area contributed by atoms with Crippen molar-refractivity contribution in [1.82, 2.24) is 0 Å². The largest absolute Gasteiger partial charge is 0.154 e. The molecule has 0 aliphatic heterocycles. The molecule has 109 valence electrons. The monoisotopic (exact) mass is 301 g/mol. The summed E-state index contributed by atoms with van der Waals surface area (Å²) in [5, 5.41) is 4.34. The molecule has 0 atom stereocenters. The van der Waals surface area contributed by atoms with E-state index in [4.69, 9.17) is 0 Å². The van der Waals surface area contributed by atoms with Gasteiger partial charge < -0.3 is 0 Å². The van der Waals surface area contributed by atoms with Gasteiger partial charge in [0.1, 0.15) is 0 Å². The summed E-state index contributed by atoms with van der Waals surface area (Å²) < 4.78 is 0. The minimum Gasteiger partial charge on any atom is -0.0622 e. The maximum atomic E-state index is 2.29. The summed E-state index contributed by atoms with van der Waals surface area (Å²) in [4.78, 5) is 0. The predicted molar refractivity (Wildman–Crippen MR) is 98.2 cm³/mol. The summed E-state index contributed by atoms with van der Waals surface area (Å²) in [6.07, 6.45) is 0. The van der Waals surface area contributed by atoms with E-state index in [2.05, 4.69) is 93.6 Å². The second kappa shape index (κ2) is 6.33. The smallest absolute Gasteiger partial charge is 0.0622 e. The molecule has 0 aliphatic rings. The molecule has 1 radical (unpaired) electrons. The molecular weight excluding hydrogens is 280 g/mol. The standard InChI is InChI=1S/C21H21Si/c1-16-4-10-19(11-5-16)22(20-12-6-17(2)7-13-20)21-14-8-18(3)9-15-21/h4-15H,1-3H3. The lowest BCUT2D eigenvalue weighted by atomic mass is 10.2. The highest BCUT2D eigenvalue weighted by molar-refractivity contribution is 6.95. The molecule has 1 heteroatoms. The first-order chi connectivity index (χ1) is 10.6. The maximum absolute atomic E-state index is 2.29. The van der Waals surface area contributed by atoms with Gasteiger partial charge in [-0.3, -0.25) is 0 Å². The minimum absolute atomic E-state index is 0.927. The molecule has 0 unspecified atom stereocenters. The Morgan fingerprint density at radius 3 is 0.864 bits per heavy atom. The summed E-state index contributed by atoms with van der Waals surface area (Å²) in [6.45, 7) is 6.44. The average Bonchev–Trinajstić information content (AvgIpc) is 2.53. The summed E-state index contributed by atoms with van der Waals surface area (Å²) in [7, 11) is -0.927. The van der Waals surface area contributed by atoms with Crippen molar-refractivity contribution in [3.63, 3.8) is 0 Å². The maximum Gasteiger partial charge on any atom is 0.154 e. The van der Waals surface area contributed by atoms with Gasteiger partial charge in [0, 0.05) is 0 Å². The average molecular weight is 301 g/mol. The Morgan fingerprint density at radius 1 is 0.409 bits per heavy atom. The SMILES string of the molecule is Cc1ccc([Si](c2ccc(C)cc2)c2ccc(C)cc2)cc1. The molecule has 0 N–H and O–H groups in total. The lowest BCUT2D eigenvalue weighted by molar-refractivity contribution is 1.48. The second-order valence-corrected chi connectivity index (χ2v) is 8.46. The van der Waals surface area contributed by atoms with Crippen molar-refractivity contribution >= 4 is 24.4 Å². The number of benzene rings is 3. The molecule has 0 saturated carbocycles. The van der Waals surface area contributed by atoms with Gasteiger partial charge in [0.25, 0.3) is 0 Å². The van der Waals surface area contributed by atoms with Crippen molar-refractivity contribution < 1.29 is 0 Å². The third-order valence-electron chi connectivity index (χ3n) is 4.02. The van der Waals surface area contributed by atoms with E-state index in [0.29, 0.717) is 0 Å². The Hall–Kier alpha value is -2.12. The molecule has 0 saturated heterocycles. The molecule has 0 bridgehead atoms. The third-order valence-corrected chi connectivity index (χ3v) is 6.75. The highest BCUT2D eigenvalue weighted by Crippen LogP contribution is 2.01. The van der Waals surface area contributed by atoms with Crippen LogP contribution in [0.5, 0.6) is 0 Å². The summed E-state index contributed by atoms with van der Waals surface area (Å²) in [5.41, 5.74) is 3.95. The van der Waals surface area contributed by atoms with E-state index in [1.165, 1.54) is 32.3 Å². The highest BCUT2D eigenvalue weighted by Gasteiger charge is 2.19. The van der Waals surface area contributed by atoms with Gasteiger partial charge in [0.15, 0.2) is 8.80 Å². The predicted octanol–water partition coefficient (Wildman–Crippen LogP) is 3.13. The van der Waals surface area contributed by atoms with Gasteiger partial charge in [-0.25, -0.2) is 0 Å². The van der Waals surface area contributed by atoms with Crippen LogP contribution in [0, 0.1) is 20.8 Å². The van der Waals surface area contributed by atoms with Crippen molar-refractivity contribution in [2.75, 3.05) is 0 Å². The summed E-state index contributed by atoms with van der Waals surface area (Å²) >= 11 is 0. The van der Waals surface area contributed by atoms with E-state index in [9.17, 15) is 0 Å². The lowest BCUT2D eigenvalue weighted by Crippen LogP contribution is -2.51. The van der Waals surface area contributed by atoms with Crippen LogP contribution in [0.1, 0.15) is 16.7 Å². The van der Waals surface area contributed by atoms with Gasteiger partial charge in [0.2, 0.25) is 0 Å². The van der Waals surface area contributed by atoms with Crippen LogP contribution in [0.15, 0.2) is 72.8 Å². The van der Waals surface area contributed by atoms with E-state index in [-0.39, 0.29) is 0 Å². The Balaban J connectivity index is 2.10. The molecular formula is C21H21Si. The third kappa shape index (κ3) is 3.20. The van der Waals surface area contributed by atoms with E-state index in [1.54, 1.807) is 0 Å². The summed E-state index contributed by atoms with van der Waals surface area (Å²) in [5.74, 6) is 0. The molecule has 3 aromatic rings. The molecule has 3 aromatic carbocycles. The molecule has 0 aromatic heterocycles. The highest BCUT2D eigenvalue weighted by atomic mass is 28.3. The van der Waals surface area contributed by atoms with E-state index < -0.39 is 8.80 Å². The zero-order valence-corrected chi connectivity index (χ0v) is 14.4. The Labute approximate surface area is 135 Å².